The van der Waals surface area contributed by atoms with Crippen molar-refractivity contribution in [2.24, 2.45) is 7.05 Å². The first-order chi connectivity index (χ1) is 10.1. The average Bonchev–Trinajstić information content (AvgIpc) is 2.72. The predicted molar refractivity (Wildman–Crippen MR) is 81.3 cm³/mol. The van der Waals surface area contributed by atoms with Gasteiger partial charge >= 0.3 is 0 Å². The summed E-state index contributed by atoms with van der Waals surface area (Å²) < 4.78 is 7.26. The molecule has 0 fully saturated rings. The first-order valence-electron chi connectivity index (χ1n) is 7.01. The number of benzene rings is 1. The molecule has 1 aromatic carbocycles. The molecule has 1 heterocycles. The number of aromatic nitrogens is 2. The van der Waals surface area contributed by atoms with Crippen LogP contribution in [0.15, 0.2) is 30.3 Å². The molecule has 5 heteroatoms. The Labute approximate surface area is 124 Å². The maximum Gasteiger partial charge on any atom is 0.257 e. The number of hydrogen-bond donors (Lipinski definition) is 1. The van der Waals surface area contributed by atoms with Crippen LogP contribution in [-0.4, -0.2) is 28.8 Å². The molecule has 2 rings (SSSR count). The molecule has 1 N–H and O–H groups in total. The van der Waals surface area contributed by atoms with Gasteiger partial charge in [-0.3, -0.25) is 9.48 Å². The minimum Gasteiger partial charge on any atom is -0.484 e. The van der Waals surface area contributed by atoms with Crippen LogP contribution in [0.1, 0.15) is 17.0 Å². The normalized spacial score (nSPS) is 10.4. The molecule has 0 aliphatic carbocycles. The third kappa shape index (κ3) is 4.08. The van der Waals surface area contributed by atoms with Gasteiger partial charge in [0.15, 0.2) is 6.61 Å². The number of hydrogen-bond acceptors (Lipinski definition) is 3. The molecule has 0 aliphatic rings. The van der Waals surface area contributed by atoms with Crippen LogP contribution in [0.4, 0.5) is 0 Å². The summed E-state index contributed by atoms with van der Waals surface area (Å²) in [5.74, 6) is 0.588. The van der Waals surface area contributed by atoms with Crippen molar-refractivity contribution in [2.75, 3.05) is 13.2 Å². The predicted octanol–water partition coefficient (Wildman–Crippen LogP) is 1.77. The van der Waals surface area contributed by atoms with E-state index in [9.17, 15) is 4.79 Å². The van der Waals surface area contributed by atoms with Crippen LogP contribution >= 0.6 is 0 Å². The number of aryl methyl sites for hydroxylation is 2. The highest BCUT2D eigenvalue weighted by atomic mass is 16.5. The molecule has 0 bridgehead atoms. The van der Waals surface area contributed by atoms with Crippen LogP contribution in [0.3, 0.4) is 0 Å². The molecule has 0 atom stereocenters. The maximum atomic E-state index is 11.7. The lowest BCUT2D eigenvalue weighted by Crippen LogP contribution is -2.30. The number of nitrogens with zero attached hydrogens (tertiary/aromatic N) is 2. The van der Waals surface area contributed by atoms with E-state index < -0.39 is 0 Å². The average molecular weight is 287 g/mol. The van der Waals surface area contributed by atoms with E-state index in [1.54, 1.807) is 0 Å². The minimum absolute atomic E-state index is 0.0367. The molecular formula is C16H21N3O2. The summed E-state index contributed by atoms with van der Waals surface area (Å²) in [5, 5.41) is 7.23. The lowest BCUT2D eigenvalue weighted by atomic mass is 10.1. The van der Waals surface area contributed by atoms with Crippen molar-refractivity contribution in [1.82, 2.24) is 15.1 Å². The third-order valence-corrected chi connectivity index (χ3v) is 3.47. The van der Waals surface area contributed by atoms with Crippen molar-refractivity contribution in [3.8, 4) is 5.75 Å². The van der Waals surface area contributed by atoms with Gasteiger partial charge in [0.1, 0.15) is 5.75 Å². The minimum atomic E-state index is -0.113. The monoisotopic (exact) mass is 287 g/mol. The van der Waals surface area contributed by atoms with E-state index in [4.69, 9.17) is 4.74 Å². The second-order valence-electron chi connectivity index (χ2n) is 4.97. The fourth-order valence-electron chi connectivity index (χ4n) is 2.22. The van der Waals surface area contributed by atoms with E-state index in [2.05, 4.69) is 10.4 Å². The SMILES string of the molecule is Cc1nn(C)c(C)c1CCNC(=O)COc1ccccc1. The second kappa shape index (κ2) is 6.92. The van der Waals surface area contributed by atoms with Crippen LogP contribution in [0.5, 0.6) is 5.75 Å². The second-order valence-corrected chi connectivity index (χ2v) is 4.97. The summed E-state index contributed by atoms with van der Waals surface area (Å²) in [4.78, 5) is 11.7. The van der Waals surface area contributed by atoms with Gasteiger partial charge in [-0.05, 0) is 38.0 Å². The van der Waals surface area contributed by atoms with Crippen molar-refractivity contribution >= 4 is 5.91 Å². The van der Waals surface area contributed by atoms with Crippen molar-refractivity contribution in [1.29, 1.82) is 0 Å². The smallest absolute Gasteiger partial charge is 0.257 e. The van der Waals surface area contributed by atoms with Crippen LogP contribution in [0.25, 0.3) is 0 Å². The highest BCUT2D eigenvalue weighted by Crippen LogP contribution is 2.12. The van der Waals surface area contributed by atoms with E-state index in [-0.39, 0.29) is 12.5 Å². The van der Waals surface area contributed by atoms with Gasteiger partial charge in [0.25, 0.3) is 5.91 Å². The Hall–Kier alpha value is -2.30. The van der Waals surface area contributed by atoms with E-state index in [0.29, 0.717) is 12.3 Å². The number of nitrogens with one attached hydrogen (secondary N) is 1. The van der Waals surface area contributed by atoms with Gasteiger partial charge in [0.2, 0.25) is 0 Å². The van der Waals surface area contributed by atoms with Gasteiger partial charge in [0.05, 0.1) is 5.69 Å². The fourth-order valence-corrected chi connectivity index (χ4v) is 2.22. The Balaban J connectivity index is 1.74. The van der Waals surface area contributed by atoms with Gasteiger partial charge < -0.3 is 10.1 Å². The number of ether oxygens (including phenoxy) is 1. The molecule has 2 aromatic rings. The van der Waals surface area contributed by atoms with Gasteiger partial charge in [-0.2, -0.15) is 5.10 Å². The lowest BCUT2D eigenvalue weighted by Gasteiger charge is -2.07. The summed E-state index contributed by atoms with van der Waals surface area (Å²) in [7, 11) is 1.93. The zero-order valence-corrected chi connectivity index (χ0v) is 12.7. The van der Waals surface area contributed by atoms with Gasteiger partial charge in [0, 0.05) is 19.3 Å². The van der Waals surface area contributed by atoms with Gasteiger partial charge in [-0.25, -0.2) is 0 Å². The number of para-hydroxylation sites is 1. The molecule has 0 saturated heterocycles. The van der Waals surface area contributed by atoms with E-state index in [0.717, 1.165) is 17.8 Å². The first kappa shape index (κ1) is 15.1. The highest BCUT2D eigenvalue weighted by molar-refractivity contribution is 5.77. The van der Waals surface area contributed by atoms with Crippen LogP contribution in [0, 0.1) is 13.8 Å². The zero-order valence-electron chi connectivity index (χ0n) is 12.7. The summed E-state index contributed by atoms with van der Waals surface area (Å²) in [5.41, 5.74) is 3.36. The van der Waals surface area contributed by atoms with Crippen LogP contribution < -0.4 is 10.1 Å². The summed E-state index contributed by atoms with van der Waals surface area (Å²) in [6.07, 6.45) is 0.780. The Morgan fingerprint density at radius 2 is 2.00 bits per heavy atom. The lowest BCUT2D eigenvalue weighted by molar-refractivity contribution is -0.123. The van der Waals surface area contributed by atoms with E-state index >= 15 is 0 Å². The molecule has 112 valence electrons. The quantitative estimate of drug-likeness (QED) is 0.881. The number of amides is 1. The van der Waals surface area contributed by atoms with Crippen molar-refractivity contribution < 1.29 is 9.53 Å². The molecule has 5 nitrogen and oxygen atoms in total. The molecule has 0 saturated carbocycles. The van der Waals surface area contributed by atoms with Crippen molar-refractivity contribution in [2.45, 2.75) is 20.3 Å². The summed E-state index contributed by atoms with van der Waals surface area (Å²) in [6, 6.07) is 9.32. The highest BCUT2D eigenvalue weighted by Gasteiger charge is 2.09. The third-order valence-electron chi connectivity index (χ3n) is 3.47. The fraction of sp³-hybridized carbons (Fsp3) is 0.375. The van der Waals surface area contributed by atoms with Gasteiger partial charge in [-0.1, -0.05) is 18.2 Å². The number of carbonyl (C=O) groups is 1. The molecule has 0 spiro atoms. The number of rotatable bonds is 6. The zero-order chi connectivity index (χ0) is 15.2. The Kier molecular flexibility index (Phi) is 4.98. The molecule has 0 aliphatic heterocycles. The number of carbonyl (C=O) groups excluding carboxylic acids is 1. The topological polar surface area (TPSA) is 56.2 Å². The summed E-state index contributed by atoms with van der Waals surface area (Å²) in [6.45, 7) is 4.65. The molecule has 21 heavy (non-hydrogen) atoms. The molecule has 1 aromatic heterocycles. The summed E-state index contributed by atoms with van der Waals surface area (Å²) >= 11 is 0. The standard InChI is InChI=1S/C16H21N3O2/c1-12-15(13(2)19(3)18-12)9-10-17-16(20)11-21-14-7-5-4-6-8-14/h4-8H,9-11H2,1-3H3,(H,17,20). The Morgan fingerprint density at radius 3 is 2.62 bits per heavy atom. The van der Waals surface area contributed by atoms with Crippen molar-refractivity contribution in [3.05, 3.63) is 47.3 Å². The molecule has 0 radical (unpaired) electrons. The maximum absolute atomic E-state index is 11.7. The molecule has 0 unspecified atom stereocenters. The van der Waals surface area contributed by atoms with E-state index in [1.807, 2.05) is 55.9 Å². The molecular weight excluding hydrogens is 266 g/mol. The first-order valence-corrected chi connectivity index (χ1v) is 7.01. The van der Waals surface area contributed by atoms with Crippen LogP contribution in [0.2, 0.25) is 0 Å². The largest absolute Gasteiger partial charge is 0.484 e. The van der Waals surface area contributed by atoms with E-state index in [1.165, 1.54) is 5.56 Å². The Bertz CT molecular complexity index is 605. The van der Waals surface area contributed by atoms with Crippen LogP contribution in [-0.2, 0) is 18.3 Å². The Morgan fingerprint density at radius 1 is 1.29 bits per heavy atom. The van der Waals surface area contributed by atoms with Crippen molar-refractivity contribution in [3.63, 3.8) is 0 Å². The van der Waals surface area contributed by atoms with Gasteiger partial charge in [-0.15, -0.1) is 0 Å². The molecule has 1 amide bonds.